The molecule has 1 rings (SSSR count). The van der Waals surface area contributed by atoms with Crippen molar-refractivity contribution in [3.8, 4) is 24.7 Å². The predicted octanol–water partition coefficient (Wildman–Crippen LogP) is 0.999. The van der Waals surface area contributed by atoms with Crippen molar-refractivity contribution in [2.24, 2.45) is 0 Å². The smallest absolute Gasteiger partial charge is 0.163 e. The lowest BCUT2D eigenvalue weighted by atomic mass is 10.1. The lowest BCUT2D eigenvalue weighted by molar-refractivity contribution is 0.0971. The molecule has 0 amide bonds. The molecule has 0 unspecified atom stereocenters. The summed E-state index contributed by atoms with van der Waals surface area (Å²) >= 11 is 0. The Balaban J connectivity index is 3.01. The van der Waals surface area contributed by atoms with Gasteiger partial charge in [0.15, 0.2) is 5.78 Å². The second-order valence-electron chi connectivity index (χ2n) is 3.17. The van der Waals surface area contributed by atoms with Crippen LogP contribution in [0.5, 0.6) is 0 Å². The number of aliphatic hydroxyl groups excluding tert-OH is 1. The molecule has 0 atom stereocenters. The van der Waals surface area contributed by atoms with Gasteiger partial charge < -0.3 is 5.11 Å². The Labute approximate surface area is 94.5 Å². The van der Waals surface area contributed by atoms with Crippen LogP contribution in [0.1, 0.15) is 34.6 Å². The van der Waals surface area contributed by atoms with Gasteiger partial charge in [-0.2, -0.15) is 0 Å². The number of aromatic nitrogens is 1. The molecule has 0 aliphatic heterocycles. The van der Waals surface area contributed by atoms with Crippen LogP contribution >= 0.6 is 0 Å². The van der Waals surface area contributed by atoms with Crippen LogP contribution < -0.4 is 0 Å². The molecular weight excluding hydrogens is 202 g/mol. The molecule has 0 fully saturated rings. The van der Waals surface area contributed by atoms with E-state index in [0.29, 0.717) is 23.4 Å². The summed E-state index contributed by atoms with van der Waals surface area (Å²) < 4.78 is 0. The number of rotatable bonds is 4. The minimum Gasteiger partial charge on any atom is -0.396 e. The van der Waals surface area contributed by atoms with Gasteiger partial charge in [0.1, 0.15) is 11.4 Å². The lowest BCUT2D eigenvalue weighted by Gasteiger charge is -2.01. The number of aliphatic hydroxyl groups is 1. The largest absolute Gasteiger partial charge is 0.396 e. The number of hydrogen-bond acceptors (Lipinski definition) is 3. The van der Waals surface area contributed by atoms with E-state index in [9.17, 15) is 4.79 Å². The van der Waals surface area contributed by atoms with Gasteiger partial charge in [-0.05, 0) is 18.6 Å². The van der Waals surface area contributed by atoms with Crippen LogP contribution in [0.15, 0.2) is 12.1 Å². The van der Waals surface area contributed by atoms with E-state index in [-0.39, 0.29) is 18.8 Å². The monoisotopic (exact) mass is 213 g/mol. The van der Waals surface area contributed by atoms with Gasteiger partial charge in [0.25, 0.3) is 0 Å². The zero-order chi connectivity index (χ0) is 12.0. The molecule has 1 aromatic rings. The zero-order valence-electron chi connectivity index (χ0n) is 8.73. The highest BCUT2D eigenvalue weighted by molar-refractivity contribution is 5.96. The van der Waals surface area contributed by atoms with E-state index in [1.807, 2.05) is 0 Å². The molecule has 80 valence electrons. The van der Waals surface area contributed by atoms with Gasteiger partial charge >= 0.3 is 0 Å². The Morgan fingerprint density at radius 2 is 1.88 bits per heavy atom. The van der Waals surface area contributed by atoms with Gasteiger partial charge in [-0.15, -0.1) is 12.8 Å². The summed E-state index contributed by atoms with van der Waals surface area (Å²) in [7, 11) is 0. The summed E-state index contributed by atoms with van der Waals surface area (Å²) in [5.41, 5.74) is 1.15. The SMILES string of the molecule is C#Cc1cc(C(=O)CCCO)cc(C#C)n1. The van der Waals surface area contributed by atoms with E-state index in [0.717, 1.165) is 0 Å². The molecule has 3 nitrogen and oxygen atoms in total. The van der Waals surface area contributed by atoms with E-state index in [4.69, 9.17) is 18.0 Å². The third-order valence-electron chi connectivity index (χ3n) is 2.01. The van der Waals surface area contributed by atoms with Gasteiger partial charge in [0.2, 0.25) is 0 Å². The average molecular weight is 213 g/mol. The van der Waals surface area contributed by atoms with Crippen LogP contribution in [-0.4, -0.2) is 22.5 Å². The zero-order valence-corrected chi connectivity index (χ0v) is 8.73. The summed E-state index contributed by atoms with van der Waals surface area (Å²) in [6.45, 7) is -0.0131. The topological polar surface area (TPSA) is 50.2 Å². The number of carbonyl (C=O) groups excluding carboxylic acids is 1. The van der Waals surface area contributed by atoms with E-state index in [1.54, 1.807) is 0 Å². The average Bonchev–Trinajstić information content (AvgIpc) is 2.35. The fourth-order valence-corrected chi connectivity index (χ4v) is 1.22. The molecule has 0 radical (unpaired) electrons. The maximum absolute atomic E-state index is 11.7. The Bertz CT molecular complexity index is 445. The van der Waals surface area contributed by atoms with Crippen LogP contribution in [0, 0.1) is 24.7 Å². The van der Waals surface area contributed by atoms with Crippen molar-refractivity contribution in [2.45, 2.75) is 12.8 Å². The van der Waals surface area contributed by atoms with E-state index in [2.05, 4.69) is 16.8 Å². The third-order valence-corrected chi connectivity index (χ3v) is 2.01. The number of Topliss-reactive ketones (excluding diaryl/α,β-unsaturated/α-hetero) is 1. The van der Waals surface area contributed by atoms with E-state index >= 15 is 0 Å². The van der Waals surface area contributed by atoms with Crippen molar-refractivity contribution < 1.29 is 9.90 Å². The Morgan fingerprint density at radius 1 is 1.31 bits per heavy atom. The molecule has 16 heavy (non-hydrogen) atoms. The summed E-state index contributed by atoms with van der Waals surface area (Å²) in [6, 6.07) is 3.06. The van der Waals surface area contributed by atoms with Gasteiger partial charge in [-0.3, -0.25) is 4.79 Å². The number of pyridine rings is 1. The first kappa shape index (κ1) is 12.0. The second-order valence-corrected chi connectivity index (χ2v) is 3.17. The first-order valence-corrected chi connectivity index (χ1v) is 4.80. The molecule has 1 N–H and O–H groups in total. The van der Waals surface area contributed by atoms with Gasteiger partial charge in [0.05, 0.1) is 0 Å². The quantitative estimate of drug-likeness (QED) is 0.599. The van der Waals surface area contributed by atoms with Crippen molar-refractivity contribution in [3.63, 3.8) is 0 Å². The lowest BCUT2D eigenvalue weighted by Crippen LogP contribution is -2.03. The van der Waals surface area contributed by atoms with Crippen LogP contribution in [-0.2, 0) is 0 Å². The van der Waals surface area contributed by atoms with Crippen LogP contribution in [0.3, 0.4) is 0 Å². The highest BCUT2D eigenvalue weighted by atomic mass is 16.3. The molecule has 0 saturated carbocycles. The van der Waals surface area contributed by atoms with Crippen LogP contribution in [0.4, 0.5) is 0 Å². The number of hydrogen-bond donors (Lipinski definition) is 1. The molecule has 0 aromatic carbocycles. The number of ketones is 1. The number of carbonyl (C=O) groups is 1. The van der Waals surface area contributed by atoms with Gasteiger partial charge in [0, 0.05) is 18.6 Å². The summed E-state index contributed by atoms with van der Waals surface area (Å²) in [6.07, 6.45) is 11.1. The highest BCUT2D eigenvalue weighted by Gasteiger charge is 2.08. The number of terminal acetylenes is 2. The molecule has 0 spiro atoms. The molecule has 1 aromatic heterocycles. The van der Waals surface area contributed by atoms with E-state index < -0.39 is 0 Å². The Kier molecular flexibility index (Phi) is 4.27. The second kappa shape index (κ2) is 5.70. The predicted molar refractivity (Wildman–Crippen MR) is 60.8 cm³/mol. The van der Waals surface area contributed by atoms with Crippen molar-refractivity contribution in [1.29, 1.82) is 0 Å². The molecule has 0 saturated heterocycles. The summed E-state index contributed by atoms with van der Waals surface area (Å²) in [4.78, 5) is 15.6. The Hall–Kier alpha value is -2.10. The highest BCUT2D eigenvalue weighted by Crippen LogP contribution is 2.09. The molecule has 0 aliphatic carbocycles. The van der Waals surface area contributed by atoms with Crippen LogP contribution in [0.2, 0.25) is 0 Å². The van der Waals surface area contributed by atoms with Gasteiger partial charge in [-0.25, -0.2) is 4.98 Å². The first-order chi connectivity index (χ1) is 7.71. The Morgan fingerprint density at radius 3 is 2.31 bits per heavy atom. The van der Waals surface area contributed by atoms with Crippen molar-refractivity contribution >= 4 is 5.78 Å². The first-order valence-electron chi connectivity index (χ1n) is 4.80. The molecular formula is C13H11NO2. The standard InChI is InChI=1S/C13H11NO2/c1-3-11-8-10(9-12(4-2)14-11)13(16)6-5-7-15/h1-2,8-9,15H,5-7H2. The maximum atomic E-state index is 11.7. The third kappa shape index (κ3) is 2.95. The summed E-state index contributed by atoms with van der Waals surface area (Å²) in [5, 5.41) is 8.63. The van der Waals surface area contributed by atoms with Gasteiger partial charge in [-0.1, -0.05) is 11.8 Å². The minimum absolute atomic E-state index is 0.0131. The van der Waals surface area contributed by atoms with E-state index in [1.165, 1.54) is 12.1 Å². The fraction of sp³-hybridized carbons (Fsp3) is 0.231. The molecule has 0 bridgehead atoms. The minimum atomic E-state index is -0.0931. The maximum Gasteiger partial charge on any atom is 0.163 e. The normalized spacial score (nSPS) is 9.19. The number of nitrogens with zero attached hydrogens (tertiary/aromatic N) is 1. The fourth-order valence-electron chi connectivity index (χ4n) is 1.22. The molecule has 0 aliphatic rings. The molecule has 3 heteroatoms. The van der Waals surface area contributed by atoms with Crippen LogP contribution in [0.25, 0.3) is 0 Å². The summed E-state index contributed by atoms with van der Waals surface area (Å²) in [5.74, 6) is 4.60. The van der Waals surface area contributed by atoms with Crippen molar-refractivity contribution in [3.05, 3.63) is 29.1 Å². The molecule has 1 heterocycles. The van der Waals surface area contributed by atoms with Crippen molar-refractivity contribution in [2.75, 3.05) is 6.61 Å². The van der Waals surface area contributed by atoms with Crippen molar-refractivity contribution in [1.82, 2.24) is 4.98 Å².